The Bertz CT molecular complexity index is 1250. The van der Waals surface area contributed by atoms with Gasteiger partial charge in [0.2, 0.25) is 0 Å². The molecule has 0 heterocycles. The number of phosphoric acid groups is 1. The molecule has 0 aromatic heterocycles. The van der Waals surface area contributed by atoms with Gasteiger partial charge in [-0.15, -0.1) is 0 Å². The van der Waals surface area contributed by atoms with E-state index >= 15 is 0 Å². The summed E-state index contributed by atoms with van der Waals surface area (Å²) in [5, 5.41) is 8.93. The van der Waals surface area contributed by atoms with Gasteiger partial charge in [0, 0.05) is 13.0 Å². The molecular formula is C53H96NO9P. The molecule has 11 heteroatoms. The van der Waals surface area contributed by atoms with E-state index in [-0.39, 0.29) is 13.0 Å². The molecule has 0 radical (unpaired) electrons. The molecule has 372 valence electrons. The predicted molar refractivity (Wildman–Crippen MR) is 267 cm³/mol. The average Bonchev–Trinajstić information content (AvgIpc) is 3.28. The minimum atomic E-state index is -4.63. The van der Waals surface area contributed by atoms with Gasteiger partial charge in [-0.1, -0.05) is 203 Å². The number of nitrogens with two attached hydrogens (primary N) is 1. The van der Waals surface area contributed by atoms with Crippen LogP contribution in [0.25, 0.3) is 0 Å². The number of carbonyl (C=O) groups excluding carboxylic acids is 1. The summed E-state index contributed by atoms with van der Waals surface area (Å²) in [4.78, 5) is 33.7. The standard InChI is InChI=1S/C53H96NO9P/c1-3-5-7-9-11-13-15-17-19-21-23-24-25-26-27-29-31-33-35-37-39-41-43-45-52(55)63-50(48-61-64(58,59)62-49-51(54)53(56)57)47-60-46-44-42-40-38-36-34-32-30-28-22-20-18-16-14-12-10-8-6-4-2/h5,7,11,13,17,19-20,22-24,50-51H,3-4,6,8-10,12,14-16,18,21,25-49,54H2,1-2H3,(H,56,57)(H,58,59)/b7-5-,13-11-,19-17-,22-20-,24-23-. The fourth-order valence-electron chi connectivity index (χ4n) is 7.06. The topological polar surface area (TPSA) is 155 Å². The first-order chi connectivity index (χ1) is 31.2. The van der Waals surface area contributed by atoms with Crippen LogP contribution in [0, 0.1) is 0 Å². The van der Waals surface area contributed by atoms with Crippen LogP contribution in [0.5, 0.6) is 0 Å². The molecule has 0 saturated carbocycles. The Kier molecular flexibility index (Phi) is 46.8. The van der Waals surface area contributed by atoms with E-state index in [1.807, 2.05) is 0 Å². The van der Waals surface area contributed by atoms with Gasteiger partial charge in [-0.3, -0.25) is 18.6 Å². The fraction of sp³-hybridized carbons (Fsp3) is 0.774. The zero-order valence-electron chi connectivity index (χ0n) is 40.9. The highest BCUT2D eigenvalue weighted by molar-refractivity contribution is 7.47. The Morgan fingerprint density at radius 2 is 0.906 bits per heavy atom. The molecule has 0 spiro atoms. The Hall–Kier alpha value is -2.33. The van der Waals surface area contributed by atoms with Gasteiger partial charge < -0.3 is 25.2 Å². The van der Waals surface area contributed by atoms with Gasteiger partial charge in [-0.2, -0.15) is 0 Å². The van der Waals surface area contributed by atoms with E-state index in [2.05, 4.69) is 74.6 Å². The minimum Gasteiger partial charge on any atom is -0.480 e. The summed E-state index contributed by atoms with van der Waals surface area (Å²) in [5.41, 5.74) is 5.38. The number of carboxylic acids is 1. The van der Waals surface area contributed by atoms with E-state index in [0.29, 0.717) is 13.0 Å². The zero-order chi connectivity index (χ0) is 46.9. The molecule has 3 atom stereocenters. The molecule has 0 aromatic rings. The number of allylic oxidation sites excluding steroid dienone is 10. The van der Waals surface area contributed by atoms with E-state index in [1.54, 1.807) is 0 Å². The maximum Gasteiger partial charge on any atom is 0.472 e. The lowest BCUT2D eigenvalue weighted by atomic mass is 10.0. The lowest BCUT2D eigenvalue weighted by molar-refractivity contribution is -0.154. The van der Waals surface area contributed by atoms with E-state index in [1.165, 1.54) is 128 Å². The van der Waals surface area contributed by atoms with Gasteiger partial charge in [-0.25, -0.2) is 4.57 Å². The highest BCUT2D eigenvalue weighted by Gasteiger charge is 2.27. The number of carbonyl (C=O) groups is 2. The summed E-state index contributed by atoms with van der Waals surface area (Å²) in [7, 11) is -4.63. The minimum absolute atomic E-state index is 0.0122. The highest BCUT2D eigenvalue weighted by Crippen LogP contribution is 2.43. The molecule has 64 heavy (non-hydrogen) atoms. The van der Waals surface area contributed by atoms with Gasteiger partial charge in [0.05, 0.1) is 19.8 Å². The average molecular weight is 922 g/mol. The molecule has 0 fully saturated rings. The zero-order valence-corrected chi connectivity index (χ0v) is 41.8. The molecule has 0 saturated heterocycles. The second-order valence-corrected chi connectivity index (χ2v) is 18.7. The van der Waals surface area contributed by atoms with Gasteiger partial charge in [-0.05, 0) is 77.0 Å². The first-order valence-corrected chi connectivity index (χ1v) is 27.3. The monoisotopic (exact) mass is 922 g/mol. The molecule has 0 aliphatic heterocycles. The van der Waals surface area contributed by atoms with Gasteiger partial charge >= 0.3 is 19.8 Å². The molecule has 0 rings (SSSR count). The predicted octanol–water partition coefficient (Wildman–Crippen LogP) is 15.2. The van der Waals surface area contributed by atoms with Crippen molar-refractivity contribution in [1.29, 1.82) is 0 Å². The van der Waals surface area contributed by atoms with Crippen molar-refractivity contribution < 1.29 is 42.7 Å². The van der Waals surface area contributed by atoms with Crippen molar-refractivity contribution in [3.8, 4) is 0 Å². The molecule has 10 nitrogen and oxygen atoms in total. The van der Waals surface area contributed by atoms with Crippen LogP contribution >= 0.6 is 7.82 Å². The number of esters is 1. The van der Waals surface area contributed by atoms with Crippen LogP contribution in [-0.2, 0) is 32.7 Å². The second-order valence-electron chi connectivity index (χ2n) is 17.3. The number of carboxylic acid groups (broad SMARTS) is 1. The maximum absolute atomic E-state index is 12.7. The number of rotatable bonds is 49. The van der Waals surface area contributed by atoms with Gasteiger partial charge in [0.15, 0.2) is 0 Å². The third kappa shape index (κ3) is 47.6. The number of phosphoric ester groups is 1. The van der Waals surface area contributed by atoms with Crippen LogP contribution in [0.15, 0.2) is 60.8 Å². The van der Waals surface area contributed by atoms with E-state index in [9.17, 15) is 19.0 Å². The lowest BCUT2D eigenvalue weighted by Gasteiger charge is -2.20. The smallest absolute Gasteiger partial charge is 0.472 e. The van der Waals surface area contributed by atoms with Crippen molar-refractivity contribution in [3.05, 3.63) is 60.8 Å². The van der Waals surface area contributed by atoms with Crippen molar-refractivity contribution in [2.75, 3.05) is 26.4 Å². The maximum atomic E-state index is 12.7. The van der Waals surface area contributed by atoms with Crippen molar-refractivity contribution >= 4 is 19.8 Å². The molecule has 0 bridgehead atoms. The van der Waals surface area contributed by atoms with Crippen LogP contribution in [0.3, 0.4) is 0 Å². The summed E-state index contributed by atoms with van der Waals surface area (Å²) >= 11 is 0. The fourth-order valence-corrected chi connectivity index (χ4v) is 7.84. The SMILES string of the molecule is CC/C=C\C/C=C\C/C=C\C/C=C\CCCCCCCCCCCCC(=O)OC(COCCCCCCCCCC/C=C\CCCCCCCCC)COP(=O)(O)OCC(N)C(=O)O. The van der Waals surface area contributed by atoms with Crippen LogP contribution in [-0.4, -0.2) is 60.5 Å². The van der Waals surface area contributed by atoms with E-state index in [0.717, 1.165) is 70.6 Å². The Morgan fingerprint density at radius 3 is 1.38 bits per heavy atom. The van der Waals surface area contributed by atoms with Crippen molar-refractivity contribution in [3.63, 3.8) is 0 Å². The molecule has 0 aliphatic carbocycles. The van der Waals surface area contributed by atoms with Crippen LogP contribution in [0.1, 0.15) is 226 Å². The van der Waals surface area contributed by atoms with Crippen molar-refractivity contribution in [2.24, 2.45) is 5.73 Å². The largest absolute Gasteiger partial charge is 0.480 e. The molecule has 4 N–H and O–H groups in total. The first kappa shape index (κ1) is 61.7. The summed E-state index contributed by atoms with van der Waals surface area (Å²) in [5.74, 6) is -1.78. The number of unbranched alkanes of at least 4 members (excludes halogenated alkanes) is 25. The Balaban J connectivity index is 4.15. The number of aliphatic carboxylic acids is 1. The van der Waals surface area contributed by atoms with Gasteiger partial charge in [0.25, 0.3) is 0 Å². The Morgan fingerprint density at radius 1 is 0.516 bits per heavy atom. The Labute approximate surface area is 392 Å². The lowest BCUT2D eigenvalue weighted by Crippen LogP contribution is -2.34. The third-order valence-electron chi connectivity index (χ3n) is 11.0. The second kappa shape index (κ2) is 48.6. The van der Waals surface area contributed by atoms with Crippen molar-refractivity contribution in [1.82, 2.24) is 0 Å². The third-order valence-corrected chi connectivity index (χ3v) is 12.0. The van der Waals surface area contributed by atoms with Crippen LogP contribution < -0.4 is 5.73 Å². The van der Waals surface area contributed by atoms with Crippen molar-refractivity contribution in [2.45, 2.75) is 238 Å². The summed E-state index contributed by atoms with van der Waals surface area (Å²) in [6, 6.07) is -1.48. The quantitative estimate of drug-likeness (QED) is 0.0232. The molecule has 0 aliphatic rings. The number of hydrogen-bond donors (Lipinski definition) is 3. The molecule has 0 aromatic carbocycles. The first-order valence-electron chi connectivity index (χ1n) is 25.8. The van der Waals surface area contributed by atoms with E-state index in [4.69, 9.17) is 29.4 Å². The summed E-state index contributed by atoms with van der Waals surface area (Å²) in [6.07, 6.45) is 59.9. The highest BCUT2D eigenvalue weighted by atomic mass is 31.2. The summed E-state index contributed by atoms with van der Waals surface area (Å²) < 4.78 is 33.5. The van der Waals surface area contributed by atoms with E-state index < -0.39 is 45.1 Å². The van der Waals surface area contributed by atoms with Crippen LogP contribution in [0.2, 0.25) is 0 Å². The molecule has 3 unspecified atom stereocenters. The number of ether oxygens (including phenoxy) is 2. The van der Waals surface area contributed by atoms with Gasteiger partial charge in [0.1, 0.15) is 12.1 Å². The molecule has 0 amide bonds. The summed E-state index contributed by atoms with van der Waals surface area (Å²) in [6.45, 7) is 3.78. The van der Waals surface area contributed by atoms with Crippen LogP contribution in [0.4, 0.5) is 0 Å². The molecular weight excluding hydrogens is 826 g/mol. The normalized spacial score (nSPS) is 14.2. The number of hydrogen-bond acceptors (Lipinski definition) is 8.